The highest BCUT2D eigenvalue weighted by Gasteiger charge is 1.98. The highest BCUT2D eigenvalue weighted by atomic mass is 16.1. The summed E-state index contributed by atoms with van der Waals surface area (Å²) in [5.41, 5.74) is 2.29. The average Bonchev–Trinajstić information content (AvgIpc) is 2.38. The molecule has 0 saturated carbocycles. The van der Waals surface area contributed by atoms with E-state index in [4.69, 9.17) is 0 Å². The standard InChI is InChI=1S/C12H10O/c13-12-8-4-7-10-5-2-1-3-6-11(10)9-12/h1-4,6-9H,5H2. The van der Waals surface area contributed by atoms with Crippen LogP contribution in [-0.4, -0.2) is 0 Å². The SMILES string of the molecule is O=c1cccc2c(c1)C=CC=CC2. The molecule has 1 aromatic rings. The van der Waals surface area contributed by atoms with Gasteiger partial charge >= 0.3 is 0 Å². The number of allylic oxidation sites excluding steroid dienone is 3. The van der Waals surface area contributed by atoms with Gasteiger partial charge in [0.25, 0.3) is 0 Å². The minimum atomic E-state index is 0.0628. The molecule has 0 aromatic heterocycles. The van der Waals surface area contributed by atoms with Crippen molar-refractivity contribution in [1.29, 1.82) is 0 Å². The summed E-state index contributed by atoms with van der Waals surface area (Å²) in [6, 6.07) is 7.08. The van der Waals surface area contributed by atoms with Gasteiger partial charge in [-0.15, -0.1) is 0 Å². The van der Waals surface area contributed by atoms with Gasteiger partial charge in [-0.1, -0.05) is 36.4 Å². The van der Waals surface area contributed by atoms with Crippen LogP contribution in [0, 0.1) is 0 Å². The van der Waals surface area contributed by atoms with E-state index in [2.05, 4.69) is 6.08 Å². The van der Waals surface area contributed by atoms with E-state index in [1.54, 1.807) is 12.1 Å². The average molecular weight is 170 g/mol. The van der Waals surface area contributed by atoms with Gasteiger partial charge in [0, 0.05) is 0 Å². The number of hydrogen-bond acceptors (Lipinski definition) is 1. The number of hydrogen-bond donors (Lipinski definition) is 0. The fourth-order valence-corrected chi connectivity index (χ4v) is 1.42. The van der Waals surface area contributed by atoms with Crippen molar-refractivity contribution in [1.82, 2.24) is 0 Å². The molecule has 64 valence electrons. The molecule has 0 radical (unpaired) electrons. The van der Waals surface area contributed by atoms with Crippen molar-refractivity contribution in [2.24, 2.45) is 0 Å². The van der Waals surface area contributed by atoms with E-state index < -0.39 is 0 Å². The van der Waals surface area contributed by atoms with Crippen molar-refractivity contribution in [2.45, 2.75) is 6.42 Å². The summed E-state index contributed by atoms with van der Waals surface area (Å²) in [6.45, 7) is 0. The Labute approximate surface area is 77.0 Å². The molecule has 0 heterocycles. The first kappa shape index (κ1) is 7.99. The van der Waals surface area contributed by atoms with Gasteiger partial charge in [0.05, 0.1) is 0 Å². The van der Waals surface area contributed by atoms with Gasteiger partial charge in [0.15, 0.2) is 5.43 Å². The first-order chi connectivity index (χ1) is 6.36. The van der Waals surface area contributed by atoms with Crippen LogP contribution in [-0.2, 0) is 6.42 Å². The van der Waals surface area contributed by atoms with Crippen LogP contribution in [0.25, 0.3) is 6.08 Å². The molecule has 0 N–H and O–H groups in total. The van der Waals surface area contributed by atoms with Crippen LogP contribution in [0.5, 0.6) is 0 Å². The summed E-state index contributed by atoms with van der Waals surface area (Å²) in [5.74, 6) is 0. The monoisotopic (exact) mass is 170 g/mol. The summed E-state index contributed by atoms with van der Waals surface area (Å²) in [7, 11) is 0. The fraction of sp³-hybridized carbons (Fsp3) is 0.0833. The molecular weight excluding hydrogens is 160 g/mol. The maximum Gasteiger partial charge on any atom is 0.179 e. The van der Waals surface area contributed by atoms with Gasteiger partial charge in [0.2, 0.25) is 0 Å². The van der Waals surface area contributed by atoms with Crippen LogP contribution >= 0.6 is 0 Å². The van der Waals surface area contributed by atoms with Crippen molar-refractivity contribution in [3.63, 3.8) is 0 Å². The van der Waals surface area contributed by atoms with Gasteiger partial charge in [-0.05, 0) is 29.7 Å². The molecule has 2 rings (SSSR count). The lowest BCUT2D eigenvalue weighted by Gasteiger charge is -1.94. The lowest BCUT2D eigenvalue weighted by molar-refractivity contribution is 1.28. The summed E-state index contributed by atoms with van der Waals surface area (Å²) in [4.78, 5) is 11.2. The maximum atomic E-state index is 11.2. The molecule has 1 aliphatic rings. The summed E-state index contributed by atoms with van der Waals surface area (Å²) < 4.78 is 0. The van der Waals surface area contributed by atoms with E-state index in [9.17, 15) is 4.79 Å². The number of fused-ring (bicyclic) bond motifs is 1. The van der Waals surface area contributed by atoms with Gasteiger partial charge in [-0.3, -0.25) is 4.79 Å². The molecule has 0 unspecified atom stereocenters. The third kappa shape index (κ3) is 1.75. The first-order valence-corrected chi connectivity index (χ1v) is 4.33. The summed E-state index contributed by atoms with van der Waals surface area (Å²) >= 11 is 0. The molecule has 0 aliphatic heterocycles. The van der Waals surface area contributed by atoms with Crippen LogP contribution in [0.4, 0.5) is 0 Å². The van der Waals surface area contributed by atoms with E-state index in [0.29, 0.717) is 0 Å². The quantitative estimate of drug-likeness (QED) is 0.583. The lowest BCUT2D eigenvalue weighted by atomic mass is 10.1. The van der Waals surface area contributed by atoms with Gasteiger partial charge in [-0.25, -0.2) is 0 Å². The van der Waals surface area contributed by atoms with Crippen molar-refractivity contribution in [2.75, 3.05) is 0 Å². The van der Waals surface area contributed by atoms with E-state index in [1.807, 2.05) is 30.4 Å². The Morgan fingerprint density at radius 2 is 2.08 bits per heavy atom. The second-order valence-electron chi connectivity index (χ2n) is 3.04. The highest BCUT2D eigenvalue weighted by molar-refractivity contribution is 5.56. The van der Waals surface area contributed by atoms with Crippen LogP contribution in [0.1, 0.15) is 11.1 Å². The van der Waals surface area contributed by atoms with E-state index >= 15 is 0 Å². The van der Waals surface area contributed by atoms with E-state index in [1.165, 1.54) is 5.56 Å². The second kappa shape index (κ2) is 3.40. The Balaban J connectivity index is 2.67. The number of rotatable bonds is 0. The third-order valence-electron chi connectivity index (χ3n) is 2.09. The zero-order chi connectivity index (χ0) is 9.10. The van der Waals surface area contributed by atoms with Crippen LogP contribution in [0.3, 0.4) is 0 Å². The molecule has 1 heteroatoms. The molecule has 0 fully saturated rings. The van der Waals surface area contributed by atoms with E-state index in [0.717, 1.165) is 12.0 Å². The topological polar surface area (TPSA) is 17.1 Å². The Morgan fingerprint density at radius 1 is 1.15 bits per heavy atom. The van der Waals surface area contributed by atoms with Gasteiger partial charge in [-0.2, -0.15) is 0 Å². The predicted molar refractivity (Wildman–Crippen MR) is 54.6 cm³/mol. The zero-order valence-electron chi connectivity index (χ0n) is 7.23. The molecule has 0 amide bonds. The Bertz CT molecular complexity index is 427. The van der Waals surface area contributed by atoms with Gasteiger partial charge < -0.3 is 0 Å². The van der Waals surface area contributed by atoms with Crippen LogP contribution in [0.2, 0.25) is 0 Å². The molecule has 0 atom stereocenters. The molecule has 0 spiro atoms. The normalized spacial score (nSPS) is 13.5. The first-order valence-electron chi connectivity index (χ1n) is 4.33. The summed E-state index contributed by atoms with van der Waals surface area (Å²) in [5, 5.41) is 0. The molecule has 1 aliphatic carbocycles. The minimum absolute atomic E-state index is 0.0628. The van der Waals surface area contributed by atoms with Crippen LogP contribution < -0.4 is 5.43 Å². The summed E-state index contributed by atoms with van der Waals surface area (Å²) in [6.07, 6.45) is 8.93. The molecule has 1 nitrogen and oxygen atoms in total. The van der Waals surface area contributed by atoms with E-state index in [-0.39, 0.29) is 5.43 Å². The Morgan fingerprint density at radius 3 is 3.00 bits per heavy atom. The molecular formula is C12H10O. The molecule has 0 saturated heterocycles. The van der Waals surface area contributed by atoms with Gasteiger partial charge in [0.1, 0.15) is 0 Å². The molecule has 0 bridgehead atoms. The highest BCUT2D eigenvalue weighted by Crippen LogP contribution is 2.11. The fourth-order valence-electron chi connectivity index (χ4n) is 1.42. The largest absolute Gasteiger partial charge is 0.290 e. The molecule has 1 aromatic carbocycles. The minimum Gasteiger partial charge on any atom is -0.290 e. The van der Waals surface area contributed by atoms with Crippen LogP contribution in [0.15, 0.2) is 47.3 Å². The van der Waals surface area contributed by atoms with Crippen molar-refractivity contribution in [3.8, 4) is 0 Å². The Kier molecular flexibility index (Phi) is 2.09. The second-order valence-corrected chi connectivity index (χ2v) is 3.04. The smallest absolute Gasteiger partial charge is 0.179 e. The molecule has 13 heavy (non-hydrogen) atoms. The third-order valence-corrected chi connectivity index (χ3v) is 2.09. The van der Waals surface area contributed by atoms with Crippen molar-refractivity contribution in [3.05, 3.63) is 63.8 Å². The zero-order valence-corrected chi connectivity index (χ0v) is 7.23. The maximum absolute atomic E-state index is 11.2. The van der Waals surface area contributed by atoms with Crippen molar-refractivity contribution < 1.29 is 0 Å². The van der Waals surface area contributed by atoms with Crippen molar-refractivity contribution >= 4 is 6.08 Å². The Hall–Kier alpha value is -1.63. The predicted octanol–water partition coefficient (Wildman–Crippen LogP) is 2.17. The lowest BCUT2D eigenvalue weighted by Crippen LogP contribution is -1.91.